The molecule has 0 amide bonds. The summed E-state index contributed by atoms with van der Waals surface area (Å²) in [6, 6.07) is 7.99. The molecule has 0 saturated heterocycles. The molecule has 0 bridgehead atoms. The van der Waals surface area contributed by atoms with Crippen LogP contribution in [0.4, 0.5) is 0 Å². The Kier molecular flexibility index (Phi) is 5.58. The summed E-state index contributed by atoms with van der Waals surface area (Å²) in [6.45, 7) is 4.89. The SMILES string of the molecule is CCOc1ccccc1-c1[nH]ncc1CNCCOC. The van der Waals surface area contributed by atoms with E-state index in [2.05, 4.69) is 15.5 Å². The first-order valence-electron chi connectivity index (χ1n) is 6.81. The monoisotopic (exact) mass is 275 g/mol. The van der Waals surface area contributed by atoms with Gasteiger partial charge in [0.15, 0.2) is 0 Å². The van der Waals surface area contributed by atoms with Crippen molar-refractivity contribution in [1.82, 2.24) is 15.5 Å². The molecule has 5 nitrogen and oxygen atoms in total. The summed E-state index contributed by atoms with van der Waals surface area (Å²) in [6.07, 6.45) is 1.85. The number of rotatable bonds is 8. The van der Waals surface area contributed by atoms with Gasteiger partial charge in [-0.1, -0.05) is 12.1 Å². The third-order valence-electron chi connectivity index (χ3n) is 2.97. The van der Waals surface area contributed by atoms with Crippen molar-refractivity contribution in [3.63, 3.8) is 0 Å². The van der Waals surface area contributed by atoms with Crippen LogP contribution in [-0.2, 0) is 11.3 Å². The number of H-pyrrole nitrogens is 1. The molecule has 0 fully saturated rings. The van der Waals surface area contributed by atoms with Gasteiger partial charge in [-0.25, -0.2) is 0 Å². The highest BCUT2D eigenvalue weighted by Crippen LogP contribution is 2.30. The van der Waals surface area contributed by atoms with Gasteiger partial charge in [0.25, 0.3) is 0 Å². The number of nitrogens with one attached hydrogen (secondary N) is 2. The van der Waals surface area contributed by atoms with Crippen LogP contribution in [-0.4, -0.2) is 37.1 Å². The zero-order valence-corrected chi connectivity index (χ0v) is 12.0. The van der Waals surface area contributed by atoms with E-state index in [0.29, 0.717) is 13.2 Å². The summed E-state index contributed by atoms with van der Waals surface area (Å²) in [5.74, 6) is 0.873. The summed E-state index contributed by atoms with van der Waals surface area (Å²) in [5, 5.41) is 10.5. The predicted molar refractivity (Wildman–Crippen MR) is 78.8 cm³/mol. The van der Waals surface area contributed by atoms with Crippen LogP contribution in [0.5, 0.6) is 5.75 Å². The molecule has 1 aromatic carbocycles. The van der Waals surface area contributed by atoms with Gasteiger partial charge in [0.2, 0.25) is 0 Å². The van der Waals surface area contributed by atoms with Gasteiger partial charge in [-0.2, -0.15) is 5.10 Å². The summed E-state index contributed by atoms with van der Waals surface area (Å²) in [7, 11) is 1.70. The minimum atomic E-state index is 0.645. The highest BCUT2D eigenvalue weighted by Gasteiger charge is 2.11. The predicted octanol–water partition coefficient (Wildman–Crippen LogP) is 2.21. The van der Waals surface area contributed by atoms with Crippen molar-refractivity contribution in [2.24, 2.45) is 0 Å². The first-order chi connectivity index (χ1) is 9.86. The molecule has 0 atom stereocenters. The maximum Gasteiger partial charge on any atom is 0.128 e. The highest BCUT2D eigenvalue weighted by atomic mass is 16.5. The fourth-order valence-electron chi connectivity index (χ4n) is 2.03. The lowest BCUT2D eigenvalue weighted by molar-refractivity contribution is 0.199. The molecule has 2 N–H and O–H groups in total. The van der Waals surface area contributed by atoms with Crippen LogP contribution in [0.3, 0.4) is 0 Å². The Balaban J connectivity index is 2.15. The number of nitrogens with zero attached hydrogens (tertiary/aromatic N) is 1. The third-order valence-corrected chi connectivity index (χ3v) is 2.97. The summed E-state index contributed by atoms with van der Waals surface area (Å²) < 4.78 is 10.7. The average Bonchev–Trinajstić information content (AvgIpc) is 2.93. The maximum absolute atomic E-state index is 5.67. The second-order valence-corrected chi connectivity index (χ2v) is 4.37. The molecule has 2 aromatic rings. The van der Waals surface area contributed by atoms with Crippen molar-refractivity contribution >= 4 is 0 Å². The van der Waals surface area contributed by atoms with Crippen LogP contribution in [0.15, 0.2) is 30.5 Å². The molecule has 20 heavy (non-hydrogen) atoms. The van der Waals surface area contributed by atoms with Crippen LogP contribution < -0.4 is 10.1 Å². The molecule has 5 heteroatoms. The zero-order valence-electron chi connectivity index (χ0n) is 12.0. The molecule has 1 heterocycles. The molecular weight excluding hydrogens is 254 g/mol. The highest BCUT2D eigenvalue weighted by molar-refractivity contribution is 5.69. The second kappa shape index (κ2) is 7.67. The maximum atomic E-state index is 5.67. The van der Waals surface area contributed by atoms with Crippen molar-refractivity contribution in [1.29, 1.82) is 0 Å². The summed E-state index contributed by atoms with van der Waals surface area (Å²) in [4.78, 5) is 0. The smallest absolute Gasteiger partial charge is 0.128 e. The molecule has 0 aliphatic carbocycles. The third kappa shape index (κ3) is 3.59. The number of para-hydroxylation sites is 1. The number of hydrogen-bond acceptors (Lipinski definition) is 4. The second-order valence-electron chi connectivity index (χ2n) is 4.37. The van der Waals surface area contributed by atoms with Crippen molar-refractivity contribution in [2.75, 3.05) is 26.9 Å². The molecule has 2 rings (SSSR count). The van der Waals surface area contributed by atoms with E-state index in [1.807, 2.05) is 37.4 Å². The number of benzene rings is 1. The van der Waals surface area contributed by atoms with E-state index in [0.717, 1.165) is 35.7 Å². The molecule has 0 radical (unpaired) electrons. The van der Waals surface area contributed by atoms with E-state index in [1.165, 1.54) is 0 Å². The normalized spacial score (nSPS) is 10.7. The quantitative estimate of drug-likeness (QED) is 0.725. The van der Waals surface area contributed by atoms with Gasteiger partial charge in [0.05, 0.1) is 25.1 Å². The number of ether oxygens (including phenoxy) is 2. The number of aromatic nitrogens is 2. The Morgan fingerprint density at radius 3 is 2.95 bits per heavy atom. The number of methoxy groups -OCH3 is 1. The van der Waals surface area contributed by atoms with Gasteiger partial charge in [-0.3, -0.25) is 5.10 Å². The standard InChI is InChI=1S/C15H21N3O2/c1-3-20-14-7-5-4-6-13(14)15-12(11-17-18-15)10-16-8-9-19-2/h4-7,11,16H,3,8-10H2,1-2H3,(H,17,18). The van der Waals surface area contributed by atoms with Gasteiger partial charge in [0.1, 0.15) is 5.75 Å². The van der Waals surface area contributed by atoms with Gasteiger partial charge in [-0.15, -0.1) is 0 Å². The fraction of sp³-hybridized carbons (Fsp3) is 0.400. The van der Waals surface area contributed by atoms with Crippen LogP contribution in [0.1, 0.15) is 12.5 Å². The molecule has 0 spiro atoms. The molecule has 108 valence electrons. The molecule has 0 unspecified atom stereocenters. The largest absolute Gasteiger partial charge is 0.493 e. The number of aromatic amines is 1. The lowest BCUT2D eigenvalue weighted by Crippen LogP contribution is -2.18. The topological polar surface area (TPSA) is 59.2 Å². The van der Waals surface area contributed by atoms with E-state index in [9.17, 15) is 0 Å². The molecule has 0 aliphatic rings. The lowest BCUT2D eigenvalue weighted by Gasteiger charge is -2.10. The van der Waals surface area contributed by atoms with Crippen LogP contribution in [0, 0.1) is 0 Å². The fourth-order valence-corrected chi connectivity index (χ4v) is 2.03. The van der Waals surface area contributed by atoms with Crippen LogP contribution >= 0.6 is 0 Å². The van der Waals surface area contributed by atoms with E-state index >= 15 is 0 Å². The Morgan fingerprint density at radius 2 is 2.15 bits per heavy atom. The first-order valence-corrected chi connectivity index (χ1v) is 6.81. The molecule has 0 aliphatic heterocycles. The Bertz CT molecular complexity index is 525. The minimum Gasteiger partial charge on any atom is -0.493 e. The molecule has 0 saturated carbocycles. The van der Waals surface area contributed by atoms with Gasteiger partial charge >= 0.3 is 0 Å². The van der Waals surface area contributed by atoms with E-state index in [4.69, 9.17) is 9.47 Å². The van der Waals surface area contributed by atoms with E-state index in [1.54, 1.807) is 7.11 Å². The number of hydrogen-bond donors (Lipinski definition) is 2. The Labute approximate surface area is 119 Å². The lowest BCUT2D eigenvalue weighted by atomic mass is 10.1. The first kappa shape index (κ1) is 14.6. The van der Waals surface area contributed by atoms with Gasteiger partial charge in [-0.05, 0) is 19.1 Å². The minimum absolute atomic E-state index is 0.645. The van der Waals surface area contributed by atoms with E-state index in [-0.39, 0.29) is 0 Å². The van der Waals surface area contributed by atoms with Gasteiger partial charge in [0, 0.05) is 31.3 Å². The van der Waals surface area contributed by atoms with Crippen molar-refractivity contribution in [3.05, 3.63) is 36.0 Å². The van der Waals surface area contributed by atoms with Crippen molar-refractivity contribution in [2.45, 2.75) is 13.5 Å². The Morgan fingerprint density at radius 1 is 1.30 bits per heavy atom. The van der Waals surface area contributed by atoms with Crippen LogP contribution in [0.2, 0.25) is 0 Å². The summed E-state index contributed by atoms with van der Waals surface area (Å²) >= 11 is 0. The van der Waals surface area contributed by atoms with Gasteiger partial charge < -0.3 is 14.8 Å². The summed E-state index contributed by atoms with van der Waals surface area (Å²) in [5.41, 5.74) is 3.16. The average molecular weight is 275 g/mol. The van der Waals surface area contributed by atoms with Crippen molar-refractivity contribution < 1.29 is 9.47 Å². The van der Waals surface area contributed by atoms with Crippen molar-refractivity contribution in [3.8, 4) is 17.0 Å². The van der Waals surface area contributed by atoms with E-state index < -0.39 is 0 Å². The molecular formula is C15H21N3O2. The Hall–Kier alpha value is -1.85. The molecule has 1 aromatic heterocycles. The van der Waals surface area contributed by atoms with Crippen LogP contribution in [0.25, 0.3) is 11.3 Å². The zero-order chi connectivity index (χ0) is 14.2.